The van der Waals surface area contributed by atoms with Gasteiger partial charge >= 0.3 is 0 Å². The van der Waals surface area contributed by atoms with Gasteiger partial charge in [0, 0.05) is 10.4 Å². The number of carbonyl (C=O) groups is 1. The van der Waals surface area contributed by atoms with Crippen LogP contribution < -0.4 is 0 Å². The van der Waals surface area contributed by atoms with Crippen LogP contribution in [0, 0.1) is 0 Å². The van der Waals surface area contributed by atoms with Crippen molar-refractivity contribution in [1.82, 2.24) is 0 Å². The van der Waals surface area contributed by atoms with E-state index in [1.54, 1.807) is 0 Å². The first kappa shape index (κ1) is 14.6. The summed E-state index contributed by atoms with van der Waals surface area (Å²) in [6.07, 6.45) is -0.252. The van der Waals surface area contributed by atoms with Gasteiger partial charge < -0.3 is 4.74 Å². The molecule has 1 heterocycles. The molecular formula is C18H9Br3O2. The summed E-state index contributed by atoms with van der Waals surface area (Å²) in [5, 5.41) is 2.50. The van der Waals surface area contributed by atoms with Crippen molar-refractivity contribution in [1.29, 1.82) is 0 Å². The minimum Gasteiger partial charge on any atom is -0.360 e. The molecule has 3 aliphatic rings. The average molecular weight is 497 g/mol. The monoisotopic (exact) mass is 494 g/mol. The average Bonchev–Trinajstić information content (AvgIpc) is 3.10. The molecule has 0 spiro atoms. The summed E-state index contributed by atoms with van der Waals surface area (Å²) in [6, 6.07) is 12.7. The van der Waals surface area contributed by atoms with E-state index in [0.717, 1.165) is 10.1 Å². The van der Waals surface area contributed by atoms with E-state index in [4.69, 9.17) is 4.74 Å². The Labute approximate surface area is 158 Å². The number of ketones is 1. The van der Waals surface area contributed by atoms with Gasteiger partial charge in [-0.15, -0.1) is 0 Å². The minimum absolute atomic E-state index is 0.0319. The topological polar surface area (TPSA) is 26.3 Å². The van der Waals surface area contributed by atoms with Crippen LogP contribution >= 0.6 is 47.8 Å². The maximum absolute atomic E-state index is 12.5. The fraction of sp³-hybridized carbons (Fsp3) is 0.167. The van der Waals surface area contributed by atoms with E-state index in [1.807, 2.05) is 0 Å². The highest BCUT2D eigenvalue weighted by Crippen LogP contribution is 2.60. The van der Waals surface area contributed by atoms with Gasteiger partial charge in [0.2, 0.25) is 5.78 Å². The van der Waals surface area contributed by atoms with E-state index in [9.17, 15) is 4.79 Å². The van der Waals surface area contributed by atoms with E-state index in [0.29, 0.717) is 8.96 Å². The first-order chi connectivity index (χ1) is 11.1. The molecule has 0 saturated carbocycles. The lowest BCUT2D eigenvalue weighted by Crippen LogP contribution is -2.21. The molecule has 0 aromatic heterocycles. The van der Waals surface area contributed by atoms with Gasteiger partial charge in [-0.05, 0) is 59.3 Å². The van der Waals surface area contributed by atoms with Crippen LogP contribution in [-0.4, -0.2) is 11.9 Å². The lowest BCUT2D eigenvalue weighted by Gasteiger charge is -2.22. The van der Waals surface area contributed by atoms with Crippen LogP contribution in [0.5, 0.6) is 0 Å². The summed E-state index contributed by atoms with van der Waals surface area (Å²) in [6.45, 7) is 0. The van der Waals surface area contributed by atoms with Crippen molar-refractivity contribution >= 4 is 64.3 Å². The van der Waals surface area contributed by atoms with Crippen LogP contribution in [0.15, 0.2) is 55.4 Å². The molecule has 1 saturated heterocycles. The smallest absolute Gasteiger partial charge is 0.207 e. The number of benzene rings is 2. The van der Waals surface area contributed by atoms with Crippen LogP contribution in [0.3, 0.4) is 0 Å². The zero-order valence-electron chi connectivity index (χ0n) is 11.6. The Morgan fingerprint density at radius 3 is 2.35 bits per heavy atom. The lowest BCUT2D eigenvalue weighted by molar-refractivity contribution is -0.111. The molecule has 23 heavy (non-hydrogen) atoms. The van der Waals surface area contributed by atoms with Crippen molar-refractivity contribution < 1.29 is 9.53 Å². The largest absolute Gasteiger partial charge is 0.360 e. The van der Waals surface area contributed by atoms with E-state index in [1.165, 1.54) is 21.9 Å². The van der Waals surface area contributed by atoms with Crippen molar-refractivity contribution in [2.75, 3.05) is 0 Å². The molecular weight excluding hydrogens is 488 g/mol. The maximum atomic E-state index is 12.5. The van der Waals surface area contributed by atoms with Gasteiger partial charge in [-0.3, -0.25) is 4.79 Å². The van der Waals surface area contributed by atoms with Gasteiger partial charge in [0.05, 0.1) is 15.1 Å². The van der Waals surface area contributed by atoms with Crippen LogP contribution in [0.2, 0.25) is 0 Å². The van der Waals surface area contributed by atoms with Crippen LogP contribution in [-0.2, 0) is 9.53 Å². The Hall–Kier alpha value is -0.750. The number of ether oxygens (including phenoxy) is 1. The number of hydrogen-bond acceptors (Lipinski definition) is 2. The van der Waals surface area contributed by atoms with Crippen LogP contribution in [0.25, 0.3) is 10.8 Å². The lowest BCUT2D eigenvalue weighted by atomic mass is 9.87. The Morgan fingerprint density at radius 1 is 0.913 bits per heavy atom. The summed E-state index contributed by atoms with van der Waals surface area (Å²) in [5.74, 6) is 0.0584. The van der Waals surface area contributed by atoms with Crippen molar-refractivity contribution in [2.45, 2.75) is 18.1 Å². The van der Waals surface area contributed by atoms with Gasteiger partial charge in [-0.25, -0.2) is 0 Å². The number of halogens is 3. The first-order valence-electron chi connectivity index (χ1n) is 7.26. The Kier molecular flexibility index (Phi) is 3.09. The second kappa shape index (κ2) is 4.88. The quantitative estimate of drug-likeness (QED) is 0.474. The predicted molar refractivity (Wildman–Crippen MR) is 100 cm³/mol. The Morgan fingerprint density at radius 2 is 1.61 bits per heavy atom. The Bertz CT molecular complexity index is 968. The number of carbonyl (C=O) groups excluding carboxylic acids is 1. The van der Waals surface area contributed by atoms with E-state index >= 15 is 0 Å². The highest BCUT2D eigenvalue weighted by molar-refractivity contribution is 9.14. The fourth-order valence-corrected chi connectivity index (χ4v) is 5.86. The predicted octanol–water partition coefficient (Wildman–Crippen LogP) is 5.61. The summed E-state index contributed by atoms with van der Waals surface area (Å²) < 4.78 is 8.32. The summed E-state index contributed by atoms with van der Waals surface area (Å²) in [5.41, 5.74) is 3.50. The molecule has 2 aromatic rings. The molecule has 1 unspecified atom stereocenters. The third-order valence-electron chi connectivity index (χ3n) is 4.91. The second-order valence-electron chi connectivity index (χ2n) is 5.97. The molecule has 3 atom stereocenters. The fourth-order valence-electron chi connectivity index (χ4n) is 4.00. The molecule has 2 nitrogen and oxygen atoms in total. The molecule has 1 fully saturated rings. The van der Waals surface area contributed by atoms with Gasteiger partial charge in [0.25, 0.3) is 0 Å². The van der Waals surface area contributed by atoms with Gasteiger partial charge in [0.15, 0.2) is 0 Å². The van der Waals surface area contributed by atoms with Gasteiger partial charge in [-0.2, -0.15) is 0 Å². The maximum Gasteiger partial charge on any atom is 0.207 e. The third-order valence-corrected chi connectivity index (χ3v) is 7.86. The number of fused-ring (bicyclic) bond motifs is 5. The molecule has 2 aromatic carbocycles. The van der Waals surface area contributed by atoms with E-state index in [-0.39, 0.29) is 23.9 Å². The third kappa shape index (κ3) is 1.74. The number of rotatable bonds is 0. The van der Waals surface area contributed by atoms with E-state index < -0.39 is 0 Å². The van der Waals surface area contributed by atoms with Gasteiger partial charge in [-0.1, -0.05) is 52.3 Å². The minimum atomic E-state index is -0.213. The molecule has 1 aliphatic heterocycles. The summed E-state index contributed by atoms with van der Waals surface area (Å²) in [7, 11) is 0. The second-order valence-corrected chi connectivity index (χ2v) is 8.41. The number of allylic oxidation sites excluding steroid dienone is 2. The van der Waals surface area contributed by atoms with Crippen molar-refractivity contribution in [2.24, 2.45) is 0 Å². The Balaban J connectivity index is 1.81. The standard InChI is InChI=1S/C18H9Br3O2/c19-13-12-11-8-5-1-3-7-4-2-6-9(10(7)8)17(11)23-18(12)15(21)14(20)16(13)22/h1-6,11,17-18H/t11-,17-,18?/m0/s1. The molecule has 5 rings (SSSR count). The number of Topliss-reactive ketones (excluding diaryl/α,β-unsaturated/α-hetero) is 1. The zero-order valence-corrected chi connectivity index (χ0v) is 16.4. The highest BCUT2D eigenvalue weighted by atomic mass is 79.9. The molecule has 0 amide bonds. The zero-order chi connectivity index (χ0) is 15.9. The summed E-state index contributed by atoms with van der Waals surface area (Å²) >= 11 is 10.4. The van der Waals surface area contributed by atoms with Crippen LogP contribution in [0.1, 0.15) is 23.1 Å². The van der Waals surface area contributed by atoms with Crippen molar-refractivity contribution in [3.05, 3.63) is 66.5 Å². The van der Waals surface area contributed by atoms with E-state index in [2.05, 4.69) is 84.2 Å². The van der Waals surface area contributed by atoms with Crippen molar-refractivity contribution in [3.8, 4) is 0 Å². The molecule has 0 radical (unpaired) electrons. The van der Waals surface area contributed by atoms with Crippen molar-refractivity contribution in [3.63, 3.8) is 0 Å². The highest BCUT2D eigenvalue weighted by Gasteiger charge is 2.51. The molecule has 0 N–H and O–H groups in total. The summed E-state index contributed by atoms with van der Waals surface area (Å²) in [4.78, 5) is 12.5. The first-order valence-corrected chi connectivity index (χ1v) is 9.64. The normalized spacial score (nSPS) is 28.7. The molecule has 0 bridgehead atoms. The van der Waals surface area contributed by atoms with Gasteiger partial charge in [0.1, 0.15) is 6.10 Å². The molecule has 2 aliphatic carbocycles. The molecule has 114 valence electrons. The van der Waals surface area contributed by atoms with Crippen LogP contribution in [0.4, 0.5) is 0 Å². The number of hydrogen-bond donors (Lipinski definition) is 0. The SMILES string of the molecule is O=C1C(Br)=C(Br)C2O[C@H]3c4cccc5cccc(c45)[C@H]3C2=C1Br. The molecule has 5 heteroatoms.